The van der Waals surface area contributed by atoms with Crippen LogP contribution in [-0.2, 0) is 13.6 Å². The number of rotatable bonds is 1. The van der Waals surface area contributed by atoms with Crippen molar-refractivity contribution in [2.45, 2.75) is 13.5 Å². The summed E-state index contributed by atoms with van der Waals surface area (Å²) < 4.78 is 1.98. The summed E-state index contributed by atoms with van der Waals surface area (Å²) in [6, 6.07) is 3.92. The summed E-state index contributed by atoms with van der Waals surface area (Å²) >= 11 is 0. The molecule has 0 spiro atoms. The Hall–Kier alpha value is -1.48. The normalized spacial score (nSPS) is 11.1. The van der Waals surface area contributed by atoms with Gasteiger partial charge >= 0.3 is 0 Å². The molecule has 0 bridgehead atoms. The SMILES string of the molecule is Cc1ccc2c(c(CN)cn2C)c1O. The first-order valence-corrected chi connectivity index (χ1v) is 4.61. The number of nitrogens with two attached hydrogens (primary N) is 1. The van der Waals surface area contributed by atoms with Crippen LogP contribution in [0.3, 0.4) is 0 Å². The number of phenolic OH excluding ortho intramolecular Hbond substituents is 1. The van der Waals surface area contributed by atoms with E-state index < -0.39 is 0 Å². The Bertz CT molecular complexity index is 485. The van der Waals surface area contributed by atoms with E-state index in [-0.39, 0.29) is 0 Å². The van der Waals surface area contributed by atoms with Gasteiger partial charge in [0.05, 0.1) is 5.52 Å². The molecule has 0 unspecified atom stereocenters. The minimum Gasteiger partial charge on any atom is -0.507 e. The van der Waals surface area contributed by atoms with Gasteiger partial charge in [-0.1, -0.05) is 6.07 Å². The maximum atomic E-state index is 9.91. The van der Waals surface area contributed by atoms with Gasteiger partial charge in [0.25, 0.3) is 0 Å². The Balaban J connectivity index is 2.91. The summed E-state index contributed by atoms with van der Waals surface area (Å²) in [4.78, 5) is 0. The van der Waals surface area contributed by atoms with Gasteiger partial charge in [-0.05, 0) is 24.1 Å². The van der Waals surface area contributed by atoms with Crippen molar-refractivity contribution in [3.8, 4) is 5.75 Å². The van der Waals surface area contributed by atoms with Crippen molar-refractivity contribution >= 4 is 10.9 Å². The van der Waals surface area contributed by atoms with Gasteiger partial charge < -0.3 is 15.4 Å². The second-order valence-electron chi connectivity index (χ2n) is 3.59. The highest BCUT2D eigenvalue weighted by molar-refractivity contribution is 5.90. The molecule has 0 saturated heterocycles. The monoisotopic (exact) mass is 190 g/mol. The average Bonchev–Trinajstić information content (AvgIpc) is 2.50. The van der Waals surface area contributed by atoms with Gasteiger partial charge in [-0.25, -0.2) is 0 Å². The maximum absolute atomic E-state index is 9.91. The standard InChI is InChI=1S/C11H14N2O/c1-7-3-4-9-10(11(7)14)8(5-12)6-13(9)2/h3-4,6,14H,5,12H2,1-2H3. The molecule has 0 aliphatic heterocycles. The van der Waals surface area contributed by atoms with Gasteiger partial charge in [-0.2, -0.15) is 0 Å². The van der Waals surface area contributed by atoms with Crippen LogP contribution in [0.1, 0.15) is 11.1 Å². The highest BCUT2D eigenvalue weighted by atomic mass is 16.3. The zero-order valence-corrected chi connectivity index (χ0v) is 8.41. The van der Waals surface area contributed by atoms with Crippen LogP contribution in [-0.4, -0.2) is 9.67 Å². The fraction of sp³-hybridized carbons (Fsp3) is 0.273. The summed E-state index contributed by atoms with van der Waals surface area (Å²) in [6.07, 6.45) is 1.96. The third-order valence-electron chi connectivity index (χ3n) is 2.63. The van der Waals surface area contributed by atoms with Crippen LogP contribution >= 0.6 is 0 Å². The summed E-state index contributed by atoms with van der Waals surface area (Å²) in [5.74, 6) is 0.351. The molecule has 1 aromatic carbocycles. The van der Waals surface area contributed by atoms with Crippen LogP contribution < -0.4 is 5.73 Å². The minimum absolute atomic E-state index is 0.351. The lowest BCUT2D eigenvalue weighted by Gasteiger charge is -2.02. The molecule has 1 aromatic heterocycles. The average molecular weight is 190 g/mol. The molecule has 0 aliphatic rings. The van der Waals surface area contributed by atoms with Crippen LogP contribution in [0.25, 0.3) is 10.9 Å². The largest absolute Gasteiger partial charge is 0.507 e. The predicted octanol–water partition coefficient (Wildman–Crippen LogP) is 1.65. The first kappa shape index (κ1) is 9.09. The molecule has 14 heavy (non-hydrogen) atoms. The Labute approximate surface area is 82.8 Å². The number of fused-ring (bicyclic) bond motifs is 1. The smallest absolute Gasteiger partial charge is 0.128 e. The van der Waals surface area contributed by atoms with E-state index in [0.717, 1.165) is 22.0 Å². The van der Waals surface area contributed by atoms with Crippen LogP contribution in [0.15, 0.2) is 18.3 Å². The number of hydrogen-bond donors (Lipinski definition) is 2. The van der Waals surface area contributed by atoms with E-state index in [4.69, 9.17) is 5.73 Å². The van der Waals surface area contributed by atoms with Crippen molar-refractivity contribution < 1.29 is 5.11 Å². The number of nitrogens with zero attached hydrogens (tertiary/aromatic N) is 1. The van der Waals surface area contributed by atoms with Crippen LogP contribution in [0.2, 0.25) is 0 Å². The van der Waals surface area contributed by atoms with Crippen LogP contribution in [0.5, 0.6) is 5.75 Å². The Morgan fingerprint density at radius 2 is 2.14 bits per heavy atom. The Morgan fingerprint density at radius 3 is 2.79 bits per heavy atom. The van der Waals surface area contributed by atoms with Crippen molar-refractivity contribution in [2.75, 3.05) is 0 Å². The van der Waals surface area contributed by atoms with E-state index in [0.29, 0.717) is 12.3 Å². The number of aromatic nitrogens is 1. The van der Waals surface area contributed by atoms with Crippen LogP contribution in [0.4, 0.5) is 0 Å². The van der Waals surface area contributed by atoms with Gasteiger partial charge in [0.1, 0.15) is 5.75 Å². The highest BCUT2D eigenvalue weighted by Gasteiger charge is 2.10. The van der Waals surface area contributed by atoms with E-state index in [1.807, 2.05) is 36.9 Å². The summed E-state index contributed by atoms with van der Waals surface area (Å²) in [5, 5.41) is 10.8. The number of benzene rings is 1. The third kappa shape index (κ3) is 1.09. The molecule has 0 saturated carbocycles. The maximum Gasteiger partial charge on any atom is 0.128 e. The molecule has 0 fully saturated rings. The Kier molecular flexibility index (Phi) is 1.97. The van der Waals surface area contributed by atoms with Crippen molar-refractivity contribution in [1.82, 2.24) is 4.57 Å². The van der Waals surface area contributed by atoms with Gasteiger partial charge in [0.2, 0.25) is 0 Å². The van der Waals surface area contributed by atoms with Crippen molar-refractivity contribution in [2.24, 2.45) is 12.8 Å². The van der Waals surface area contributed by atoms with E-state index in [2.05, 4.69) is 0 Å². The van der Waals surface area contributed by atoms with Crippen LogP contribution in [0, 0.1) is 6.92 Å². The Morgan fingerprint density at radius 1 is 1.43 bits per heavy atom. The topological polar surface area (TPSA) is 51.2 Å². The number of hydrogen-bond acceptors (Lipinski definition) is 2. The molecule has 74 valence electrons. The van der Waals surface area contributed by atoms with Gasteiger partial charge in [0, 0.05) is 25.2 Å². The van der Waals surface area contributed by atoms with E-state index >= 15 is 0 Å². The number of aromatic hydroxyl groups is 1. The molecular weight excluding hydrogens is 176 g/mol. The number of aryl methyl sites for hydroxylation is 2. The molecule has 0 amide bonds. The van der Waals surface area contributed by atoms with Gasteiger partial charge in [-0.15, -0.1) is 0 Å². The molecule has 3 N–H and O–H groups in total. The fourth-order valence-electron chi connectivity index (χ4n) is 1.82. The molecule has 0 aliphatic carbocycles. The lowest BCUT2D eigenvalue weighted by atomic mass is 10.1. The lowest BCUT2D eigenvalue weighted by molar-refractivity contribution is 0.477. The van der Waals surface area contributed by atoms with E-state index in [1.54, 1.807) is 0 Å². The second-order valence-corrected chi connectivity index (χ2v) is 3.59. The molecule has 0 radical (unpaired) electrons. The van der Waals surface area contributed by atoms with Gasteiger partial charge in [0.15, 0.2) is 0 Å². The first-order chi connectivity index (χ1) is 6.65. The molecule has 0 atom stereocenters. The number of phenols is 1. The third-order valence-corrected chi connectivity index (χ3v) is 2.63. The zero-order valence-electron chi connectivity index (χ0n) is 8.41. The molecule has 3 nitrogen and oxygen atoms in total. The quantitative estimate of drug-likeness (QED) is 0.718. The van der Waals surface area contributed by atoms with Crippen molar-refractivity contribution in [3.63, 3.8) is 0 Å². The molecular formula is C11H14N2O. The predicted molar refractivity (Wildman–Crippen MR) is 57.2 cm³/mol. The molecule has 1 heterocycles. The minimum atomic E-state index is 0.351. The first-order valence-electron chi connectivity index (χ1n) is 4.61. The lowest BCUT2D eigenvalue weighted by Crippen LogP contribution is -1.94. The summed E-state index contributed by atoms with van der Waals surface area (Å²) in [7, 11) is 1.95. The van der Waals surface area contributed by atoms with Gasteiger partial charge in [-0.3, -0.25) is 0 Å². The molecule has 2 aromatic rings. The summed E-state index contributed by atoms with van der Waals surface area (Å²) in [6.45, 7) is 2.34. The second kappa shape index (κ2) is 3.03. The van der Waals surface area contributed by atoms with Crippen molar-refractivity contribution in [3.05, 3.63) is 29.5 Å². The fourth-order valence-corrected chi connectivity index (χ4v) is 1.82. The van der Waals surface area contributed by atoms with E-state index in [1.165, 1.54) is 0 Å². The zero-order chi connectivity index (χ0) is 10.3. The molecule has 3 heteroatoms. The van der Waals surface area contributed by atoms with E-state index in [9.17, 15) is 5.11 Å². The van der Waals surface area contributed by atoms with Crippen molar-refractivity contribution in [1.29, 1.82) is 0 Å². The highest BCUT2D eigenvalue weighted by Crippen LogP contribution is 2.31. The summed E-state index contributed by atoms with van der Waals surface area (Å²) in [5.41, 5.74) is 8.52. The molecule has 2 rings (SSSR count).